The van der Waals surface area contributed by atoms with E-state index in [-0.39, 0.29) is 0 Å². The number of methoxy groups -OCH3 is 2. The fourth-order valence-electron chi connectivity index (χ4n) is 3.89. The predicted molar refractivity (Wildman–Crippen MR) is 125 cm³/mol. The quantitative estimate of drug-likeness (QED) is 0.303. The van der Waals surface area contributed by atoms with E-state index in [4.69, 9.17) is 14.6 Å². The first-order chi connectivity index (χ1) is 14.7. The van der Waals surface area contributed by atoms with Gasteiger partial charge in [-0.25, -0.2) is 4.68 Å². The van der Waals surface area contributed by atoms with Crippen LogP contribution >= 0.6 is 15.9 Å². The molecule has 148 valence electrons. The van der Waals surface area contributed by atoms with Gasteiger partial charge in [0, 0.05) is 20.8 Å². The van der Waals surface area contributed by atoms with Crippen LogP contribution in [0.15, 0.2) is 83.3 Å². The maximum atomic E-state index is 5.56. The van der Waals surface area contributed by atoms with Crippen LogP contribution in [-0.2, 0) is 0 Å². The second kappa shape index (κ2) is 7.50. The van der Waals surface area contributed by atoms with Crippen LogP contribution in [0.5, 0.6) is 11.5 Å². The predicted octanol–water partition coefficient (Wildman–Crippen LogP) is 6.63. The largest absolute Gasteiger partial charge is 0.493 e. The molecule has 0 saturated carbocycles. The van der Waals surface area contributed by atoms with Crippen molar-refractivity contribution in [1.29, 1.82) is 0 Å². The van der Waals surface area contributed by atoms with E-state index < -0.39 is 0 Å². The molecular weight excluding hydrogens is 440 g/mol. The second-order valence-electron chi connectivity index (χ2n) is 6.97. The average molecular weight is 459 g/mol. The molecule has 0 amide bonds. The van der Waals surface area contributed by atoms with Crippen LogP contribution in [0.25, 0.3) is 38.6 Å². The standard InChI is InChI=1S/C25H19BrN2O2/c1-29-22-13-12-16(14-23(22)30-2)25-20-15-21(26)18-10-6-7-11-19(18)24(20)27-28(25)17-8-4-3-5-9-17/h3-15H,1-2H3. The maximum Gasteiger partial charge on any atom is 0.161 e. The zero-order chi connectivity index (χ0) is 20.7. The van der Waals surface area contributed by atoms with E-state index in [1.807, 2.05) is 53.2 Å². The minimum atomic E-state index is 0.684. The van der Waals surface area contributed by atoms with Crippen LogP contribution < -0.4 is 9.47 Å². The molecule has 0 bridgehead atoms. The highest BCUT2D eigenvalue weighted by atomic mass is 79.9. The van der Waals surface area contributed by atoms with Gasteiger partial charge in [0.05, 0.1) is 25.6 Å². The van der Waals surface area contributed by atoms with E-state index >= 15 is 0 Å². The van der Waals surface area contributed by atoms with Gasteiger partial charge in [-0.3, -0.25) is 0 Å². The van der Waals surface area contributed by atoms with Gasteiger partial charge in [0.15, 0.2) is 11.5 Å². The van der Waals surface area contributed by atoms with Gasteiger partial charge in [-0.05, 0) is 41.8 Å². The number of ether oxygens (including phenoxy) is 2. The van der Waals surface area contributed by atoms with Gasteiger partial charge in [0.25, 0.3) is 0 Å². The minimum absolute atomic E-state index is 0.684. The van der Waals surface area contributed by atoms with Gasteiger partial charge < -0.3 is 9.47 Å². The Morgan fingerprint density at radius 1 is 0.733 bits per heavy atom. The van der Waals surface area contributed by atoms with E-state index in [2.05, 4.69) is 46.3 Å². The van der Waals surface area contributed by atoms with Gasteiger partial charge in [-0.2, -0.15) is 5.10 Å². The molecule has 0 radical (unpaired) electrons. The molecule has 4 nitrogen and oxygen atoms in total. The molecule has 0 fully saturated rings. The second-order valence-corrected chi connectivity index (χ2v) is 7.82. The Hall–Kier alpha value is -3.31. The molecule has 1 heterocycles. The Bertz CT molecular complexity index is 1380. The summed E-state index contributed by atoms with van der Waals surface area (Å²) in [6.07, 6.45) is 0. The Morgan fingerprint density at radius 3 is 2.17 bits per heavy atom. The molecule has 5 rings (SSSR count). The number of para-hydroxylation sites is 1. The molecule has 4 aromatic carbocycles. The molecule has 5 aromatic rings. The van der Waals surface area contributed by atoms with Crippen molar-refractivity contribution in [3.05, 3.63) is 83.3 Å². The Balaban J connectivity index is 1.90. The number of hydrogen-bond donors (Lipinski definition) is 0. The number of hydrogen-bond acceptors (Lipinski definition) is 3. The molecule has 0 unspecified atom stereocenters. The molecule has 0 N–H and O–H groups in total. The molecule has 0 spiro atoms. The van der Waals surface area contributed by atoms with Gasteiger partial charge >= 0.3 is 0 Å². The number of aromatic nitrogens is 2. The van der Waals surface area contributed by atoms with Gasteiger partial charge in [-0.15, -0.1) is 0 Å². The van der Waals surface area contributed by atoms with Crippen LogP contribution in [-0.4, -0.2) is 24.0 Å². The van der Waals surface area contributed by atoms with E-state index in [1.165, 1.54) is 0 Å². The topological polar surface area (TPSA) is 36.3 Å². The summed E-state index contributed by atoms with van der Waals surface area (Å²) in [6.45, 7) is 0. The lowest BCUT2D eigenvalue weighted by atomic mass is 10.0. The fourth-order valence-corrected chi connectivity index (χ4v) is 4.46. The van der Waals surface area contributed by atoms with Crippen molar-refractivity contribution >= 4 is 37.6 Å². The zero-order valence-electron chi connectivity index (χ0n) is 16.6. The number of rotatable bonds is 4. The van der Waals surface area contributed by atoms with Crippen LogP contribution in [0.4, 0.5) is 0 Å². The monoisotopic (exact) mass is 458 g/mol. The Kier molecular flexibility index (Phi) is 4.68. The van der Waals surface area contributed by atoms with E-state index in [1.54, 1.807) is 14.2 Å². The molecular formula is C25H19BrN2O2. The van der Waals surface area contributed by atoms with Crippen LogP contribution in [0.3, 0.4) is 0 Å². The lowest BCUT2D eigenvalue weighted by molar-refractivity contribution is 0.355. The SMILES string of the molecule is COc1ccc(-c2c3cc(Br)c4ccccc4c3nn2-c2ccccc2)cc1OC. The maximum absolute atomic E-state index is 5.56. The molecule has 1 aromatic heterocycles. The minimum Gasteiger partial charge on any atom is -0.493 e. The normalized spacial score (nSPS) is 11.2. The zero-order valence-corrected chi connectivity index (χ0v) is 18.2. The highest BCUT2D eigenvalue weighted by Crippen LogP contribution is 2.40. The lowest BCUT2D eigenvalue weighted by Crippen LogP contribution is -1.99. The molecule has 0 aliphatic rings. The summed E-state index contributed by atoms with van der Waals surface area (Å²) in [4.78, 5) is 0. The van der Waals surface area contributed by atoms with E-state index in [0.29, 0.717) is 11.5 Å². The molecule has 0 aliphatic heterocycles. The van der Waals surface area contributed by atoms with Crippen LogP contribution in [0, 0.1) is 0 Å². The first kappa shape index (κ1) is 18.7. The highest BCUT2D eigenvalue weighted by molar-refractivity contribution is 9.10. The molecule has 0 saturated heterocycles. The Labute approximate surface area is 182 Å². The van der Waals surface area contributed by atoms with Crippen molar-refractivity contribution in [3.63, 3.8) is 0 Å². The third-order valence-corrected chi connectivity index (χ3v) is 5.95. The molecule has 0 aliphatic carbocycles. The average Bonchev–Trinajstić information content (AvgIpc) is 3.19. The van der Waals surface area contributed by atoms with Gasteiger partial charge in [0.2, 0.25) is 0 Å². The van der Waals surface area contributed by atoms with Crippen molar-refractivity contribution in [2.24, 2.45) is 0 Å². The number of halogens is 1. The van der Waals surface area contributed by atoms with Crippen molar-refractivity contribution in [1.82, 2.24) is 9.78 Å². The smallest absolute Gasteiger partial charge is 0.161 e. The van der Waals surface area contributed by atoms with Gasteiger partial charge in [0.1, 0.15) is 5.52 Å². The summed E-state index contributed by atoms with van der Waals surface area (Å²) in [7, 11) is 3.29. The van der Waals surface area contributed by atoms with Crippen LogP contribution in [0.1, 0.15) is 0 Å². The highest BCUT2D eigenvalue weighted by Gasteiger charge is 2.19. The Morgan fingerprint density at radius 2 is 1.43 bits per heavy atom. The summed E-state index contributed by atoms with van der Waals surface area (Å²) >= 11 is 3.76. The van der Waals surface area contributed by atoms with Crippen molar-refractivity contribution in [3.8, 4) is 28.4 Å². The molecule has 5 heteroatoms. The van der Waals surface area contributed by atoms with Crippen molar-refractivity contribution in [2.75, 3.05) is 14.2 Å². The van der Waals surface area contributed by atoms with Crippen molar-refractivity contribution < 1.29 is 9.47 Å². The number of fused-ring (bicyclic) bond motifs is 3. The third-order valence-electron chi connectivity index (χ3n) is 5.29. The number of nitrogens with zero attached hydrogens (tertiary/aromatic N) is 2. The van der Waals surface area contributed by atoms with E-state index in [9.17, 15) is 0 Å². The summed E-state index contributed by atoms with van der Waals surface area (Å²) in [5.41, 5.74) is 3.96. The van der Waals surface area contributed by atoms with Gasteiger partial charge in [-0.1, -0.05) is 58.4 Å². The fraction of sp³-hybridized carbons (Fsp3) is 0.0800. The number of benzene rings is 4. The van der Waals surface area contributed by atoms with Crippen molar-refractivity contribution in [2.45, 2.75) is 0 Å². The third kappa shape index (κ3) is 2.94. The summed E-state index contributed by atoms with van der Waals surface area (Å²) in [5.74, 6) is 1.38. The van der Waals surface area contributed by atoms with E-state index in [0.717, 1.165) is 43.1 Å². The lowest BCUT2D eigenvalue weighted by Gasteiger charge is -2.12. The first-order valence-electron chi connectivity index (χ1n) is 9.59. The first-order valence-corrected chi connectivity index (χ1v) is 10.4. The molecule has 30 heavy (non-hydrogen) atoms. The summed E-state index contributed by atoms with van der Waals surface area (Å²) in [5, 5.41) is 8.37. The molecule has 0 atom stereocenters. The summed E-state index contributed by atoms with van der Waals surface area (Å²) < 4.78 is 14.0. The summed E-state index contributed by atoms with van der Waals surface area (Å²) in [6, 6.07) is 26.6. The van der Waals surface area contributed by atoms with Crippen LogP contribution in [0.2, 0.25) is 0 Å².